The monoisotopic (exact) mass is 370 g/mol. The molecule has 0 saturated heterocycles. The first-order valence-electron chi connectivity index (χ1n) is 8.16. The van der Waals surface area contributed by atoms with E-state index in [1.54, 1.807) is 12.1 Å². The van der Waals surface area contributed by atoms with Gasteiger partial charge in [0.25, 0.3) is 0 Å². The van der Waals surface area contributed by atoms with Crippen molar-refractivity contribution in [2.45, 2.75) is 44.6 Å². The molecule has 2 aliphatic carbocycles. The molecule has 4 rings (SSSR count). The van der Waals surface area contributed by atoms with Crippen LogP contribution in [0.15, 0.2) is 30.3 Å². The number of rotatable bonds is 2. The molecule has 0 aromatic heterocycles. The SMILES string of the molecule is C[C@]12CCc3c(ccc4cc(OS(=O)(=O)O)ccc34)C1CC[C@H]2[O-].[Na+]. The van der Waals surface area contributed by atoms with Crippen LogP contribution in [0.25, 0.3) is 10.8 Å². The van der Waals surface area contributed by atoms with Crippen LogP contribution in [0.2, 0.25) is 0 Å². The minimum atomic E-state index is -4.52. The van der Waals surface area contributed by atoms with Crippen LogP contribution in [0.4, 0.5) is 0 Å². The second kappa shape index (κ2) is 6.51. The zero-order chi connectivity index (χ0) is 17.1. The van der Waals surface area contributed by atoms with E-state index >= 15 is 0 Å². The summed E-state index contributed by atoms with van der Waals surface area (Å²) in [5, 5.41) is 14.3. The Morgan fingerprint density at radius 3 is 2.72 bits per heavy atom. The van der Waals surface area contributed by atoms with Crippen molar-refractivity contribution in [1.82, 2.24) is 0 Å². The molecule has 0 amide bonds. The zero-order valence-corrected chi connectivity index (χ0v) is 17.2. The smallest absolute Gasteiger partial charge is 0.852 e. The molecular formula is C18H19NaO5S. The quantitative estimate of drug-likeness (QED) is 0.573. The molecule has 0 heterocycles. The molecule has 2 aromatic rings. The summed E-state index contributed by atoms with van der Waals surface area (Å²) < 4.78 is 35.1. The maximum Gasteiger partial charge on any atom is 1.00 e. The fourth-order valence-corrected chi connectivity index (χ4v) is 4.96. The average molecular weight is 370 g/mol. The Bertz CT molecular complexity index is 926. The Labute approximate surface area is 169 Å². The summed E-state index contributed by atoms with van der Waals surface area (Å²) in [6.07, 6.45) is 2.93. The molecule has 0 aliphatic heterocycles. The first-order valence-corrected chi connectivity index (χ1v) is 9.53. The van der Waals surface area contributed by atoms with Gasteiger partial charge in [-0.05, 0) is 64.6 Å². The Morgan fingerprint density at radius 2 is 2.00 bits per heavy atom. The van der Waals surface area contributed by atoms with Crippen LogP contribution in [0.3, 0.4) is 0 Å². The molecule has 1 saturated carbocycles. The van der Waals surface area contributed by atoms with Crippen molar-refractivity contribution in [3.05, 3.63) is 41.5 Å². The molecule has 128 valence electrons. The van der Waals surface area contributed by atoms with E-state index in [2.05, 4.69) is 17.2 Å². The molecule has 1 unspecified atom stereocenters. The van der Waals surface area contributed by atoms with Gasteiger partial charge in [-0.2, -0.15) is 8.42 Å². The average Bonchev–Trinajstić information content (AvgIpc) is 2.81. The summed E-state index contributed by atoms with van der Waals surface area (Å²) in [5.41, 5.74) is 2.36. The molecule has 2 aliphatic rings. The third-order valence-corrected chi connectivity index (χ3v) is 6.28. The molecule has 25 heavy (non-hydrogen) atoms. The summed E-state index contributed by atoms with van der Waals surface area (Å²) in [6, 6.07) is 9.00. The topological polar surface area (TPSA) is 86.7 Å². The third kappa shape index (κ3) is 3.24. The first-order chi connectivity index (χ1) is 11.3. The Balaban J connectivity index is 0.00000182. The molecule has 1 N–H and O–H groups in total. The molecular weight excluding hydrogens is 351 g/mol. The van der Waals surface area contributed by atoms with E-state index in [9.17, 15) is 13.5 Å². The largest absolute Gasteiger partial charge is 1.00 e. The zero-order valence-electron chi connectivity index (χ0n) is 14.4. The number of benzene rings is 2. The summed E-state index contributed by atoms with van der Waals surface area (Å²) in [5.74, 6) is 0.396. The van der Waals surface area contributed by atoms with Crippen molar-refractivity contribution >= 4 is 21.2 Å². The van der Waals surface area contributed by atoms with E-state index in [1.165, 1.54) is 11.1 Å². The van der Waals surface area contributed by atoms with Gasteiger partial charge in [-0.1, -0.05) is 31.5 Å². The van der Waals surface area contributed by atoms with Crippen molar-refractivity contribution in [1.29, 1.82) is 0 Å². The van der Waals surface area contributed by atoms with Gasteiger partial charge in [0, 0.05) is 0 Å². The number of aryl methyl sites for hydroxylation is 1. The standard InChI is InChI=1S/C18H19O5S.Na/c1-18-9-8-14-13-5-3-12(23-24(20,21)22)10-11(13)2-4-15(14)16(18)6-7-17(18)19;/h2-5,10,16-17H,6-9H2,1H3,(H,20,21,22);/q-1;+1/t16?,17-,18+;/m1./s1. The number of hydrogen-bond acceptors (Lipinski definition) is 4. The van der Waals surface area contributed by atoms with Gasteiger partial charge >= 0.3 is 40.0 Å². The van der Waals surface area contributed by atoms with Gasteiger partial charge in [-0.15, -0.1) is 6.10 Å². The number of fused-ring (bicyclic) bond motifs is 5. The minimum absolute atomic E-state index is 0. The van der Waals surface area contributed by atoms with Crippen LogP contribution in [-0.2, 0) is 16.8 Å². The Hall–Kier alpha value is -0.630. The maximum absolute atomic E-state index is 12.4. The van der Waals surface area contributed by atoms with Gasteiger partial charge in [0.15, 0.2) is 0 Å². The third-order valence-electron chi connectivity index (χ3n) is 5.88. The Morgan fingerprint density at radius 1 is 1.24 bits per heavy atom. The molecule has 2 aromatic carbocycles. The molecule has 0 spiro atoms. The van der Waals surface area contributed by atoms with E-state index in [1.807, 2.05) is 12.1 Å². The predicted octanol–water partition coefficient (Wildman–Crippen LogP) is -0.416. The van der Waals surface area contributed by atoms with Gasteiger partial charge in [-0.25, -0.2) is 0 Å². The fraction of sp³-hybridized carbons (Fsp3) is 0.444. The van der Waals surface area contributed by atoms with E-state index in [0.29, 0.717) is 5.92 Å². The normalized spacial score (nSPS) is 28.1. The summed E-state index contributed by atoms with van der Waals surface area (Å²) >= 11 is 0. The van der Waals surface area contributed by atoms with Crippen LogP contribution in [0.5, 0.6) is 5.75 Å². The van der Waals surface area contributed by atoms with E-state index in [4.69, 9.17) is 4.55 Å². The molecule has 5 nitrogen and oxygen atoms in total. The predicted molar refractivity (Wildman–Crippen MR) is 88.3 cm³/mol. The second-order valence-corrected chi connectivity index (χ2v) is 8.17. The van der Waals surface area contributed by atoms with E-state index in [0.717, 1.165) is 36.5 Å². The van der Waals surface area contributed by atoms with E-state index in [-0.39, 0.29) is 40.7 Å². The van der Waals surface area contributed by atoms with Crippen molar-refractivity contribution in [3.8, 4) is 5.75 Å². The van der Waals surface area contributed by atoms with Crippen LogP contribution >= 0.6 is 0 Å². The van der Waals surface area contributed by atoms with Crippen molar-refractivity contribution in [3.63, 3.8) is 0 Å². The summed E-state index contributed by atoms with van der Waals surface area (Å²) in [6.45, 7) is 2.12. The number of hydrogen-bond donors (Lipinski definition) is 1. The van der Waals surface area contributed by atoms with Gasteiger partial charge in [0.05, 0.1) is 0 Å². The van der Waals surface area contributed by atoms with Gasteiger partial charge in [0.2, 0.25) is 0 Å². The van der Waals surface area contributed by atoms with Crippen molar-refractivity contribution in [2.75, 3.05) is 0 Å². The first kappa shape index (κ1) is 19.1. The van der Waals surface area contributed by atoms with Crippen LogP contribution in [0.1, 0.15) is 43.2 Å². The minimum Gasteiger partial charge on any atom is -0.852 e. The summed E-state index contributed by atoms with van der Waals surface area (Å²) in [4.78, 5) is 0. The molecule has 7 heteroatoms. The van der Waals surface area contributed by atoms with E-state index < -0.39 is 16.5 Å². The second-order valence-electron chi connectivity index (χ2n) is 7.15. The van der Waals surface area contributed by atoms with Crippen LogP contribution < -0.4 is 38.8 Å². The molecule has 3 atom stereocenters. The van der Waals surface area contributed by atoms with Gasteiger partial charge < -0.3 is 9.29 Å². The maximum atomic E-state index is 12.4. The van der Waals surface area contributed by atoms with Crippen LogP contribution in [0, 0.1) is 5.41 Å². The van der Waals surface area contributed by atoms with Crippen molar-refractivity contribution in [2.24, 2.45) is 5.41 Å². The van der Waals surface area contributed by atoms with Gasteiger partial charge in [-0.3, -0.25) is 4.55 Å². The van der Waals surface area contributed by atoms with Gasteiger partial charge in [0.1, 0.15) is 5.75 Å². The molecule has 0 radical (unpaired) electrons. The Kier molecular flexibility index (Phi) is 4.99. The van der Waals surface area contributed by atoms with Crippen molar-refractivity contribution < 1.29 is 51.8 Å². The van der Waals surface area contributed by atoms with Crippen LogP contribution in [-0.4, -0.2) is 19.1 Å². The molecule has 0 bridgehead atoms. The fourth-order valence-electron chi connectivity index (χ4n) is 4.61. The molecule has 1 fully saturated rings. The summed E-state index contributed by atoms with van der Waals surface area (Å²) in [7, 11) is -4.52.